The molecule has 0 aromatic heterocycles. The predicted molar refractivity (Wildman–Crippen MR) is 65.4 cm³/mol. The zero-order valence-corrected chi connectivity index (χ0v) is 10.2. The van der Waals surface area contributed by atoms with Crippen LogP contribution in [0, 0.1) is 5.41 Å². The Balaban J connectivity index is 1.89. The predicted octanol–water partition coefficient (Wildman–Crippen LogP) is 2.49. The maximum absolute atomic E-state index is 11.7. The van der Waals surface area contributed by atoms with E-state index in [9.17, 15) is 4.79 Å². The Hall–Kier alpha value is -1.31. The van der Waals surface area contributed by atoms with Crippen molar-refractivity contribution < 1.29 is 4.79 Å². The summed E-state index contributed by atoms with van der Waals surface area (Å²) in [5.41, 5.74) is 2.54. The Morgan fingerprint density at radius 3 is 2.69 bits per heavy atom. The summed E-state index contributed by atoms with van der Waals surface area (Å²) in [7, 11) is 0. The third-order valence-corrected chi connectivity index (χ3v) is 3.15. The monoisotopic (exact) mass is 217 g/mol. The molecule has 0 aliphatic heterocycles. The molecule has 0 bridgehead atoms. The first-order chi connectivity index (χ1) is 7.48. The Morgan fingerprint density at radius 2 is 2.06 bits per heavy atom. The van der Waals surface area contributed by atoms with Crippen LogP contribution in [0.4, 0.5) is 0 Å². The summed E-state index contributed by atoms with van der Waals surface area (Å²) in [4.78, 5) is 11.7. The summed E-state index contributed by atoms with van der Waals surface area (Å²) < 4.78 is 0. The molecule has 2 nitrogen and oxygen atoms in total. The summed E-state index contributed by atoms with van der Waals surface area (Å²) >= 11 is 0. The van der Waals surface area contributed by atoms with Gasteiger partial charge in [-0.15, -0.1) is 0 Å². The van der Waals surface area contributed by atoms with E-state index in [4.69, 9.17) is 0 Å². The summed E-state index contributed by atoms with van der Waals surface area (Å²) in [5, 5.41) is 3.03. The molecule has 1 atom stereocenters. The van der Waals surface area contributed by atoms with E-state index in [0.717, 1.165) is 13.0 Å². The largest absolute Gasteiger partial charge is 0.355 e. The fraction of sp³-hybridized carbons (Fsp3) is 0.500. The maximum atomic E-state index is 11.7. The number of hydrogen-bond acceptors (Lipinski definition) is 1. The van der Waals surface area contributed by atoms with Crippen LogP contribution in [0.5, 0.6) is 0 Å². The highest BCUT2D eigenvalue weighted by molar-refractivity contribution is 5.81. The standard InChI is InChI=1S/C14H19NO/c1-14(2,3)13(16)15-9-11-8-10-6-4-5-7-12(10)11/h4-7,11H,8-9H2,1-3H3,(H,15,16). The molecule has 1 N–H and O–H groups in total. The van der Waals surface area contributed by atoms with Gasteiger partial charge in [0.1, 0.15) is 0 Å². The van der Waals surface area contributed by atoms with Gasteiger partial charge in [0.25, 0.3) is 0 Å². The zero-order valence-electron chi connectivity index (χ0n) is 10.2. The number of carbonyl (C=O) groups excluding carboxylic acids is 1. The van der Waals surface area contributed by atoms with Crippen molar-refractivity contribution in [3.05, 3.63) is 35.4 Å². The van der Waals surface area contributed by atoms with Crippen molar-refractivity contribution in [2.24, 2.45) is 5.41 Å². The first-order valence-corrected chi connectivity index (χ1v) is 5.84. The molecule has 1 aliphatic rings. The number of rotatable bonds is 2. The summed E-state index contributed by atoms with van der Waals surface area (Å²) in [6.45, 7) is 6.60. The Kier molecular flexibility index (Phi) is 2.75. The topological polar surface area (TPSA) is 29.1 Å². The van der Waals surface area contributed by atoms with Crippen LogP contribution in [-0.2, 0) is 11.2 Å². The normalized spacial score (nSPS) is 18.6. The summed E-state index contributed by atoms with van der Waals surface area (Å²) in [6, 6.07) is 8.46. The van der Waals surface area contributed by atoms with E-state index in [2.05, 4.69) is 29.6 Å². The van der Waals surface area contributed by atoms with E-state index in [-0.39, 0.29) is 11.3 Å². The minimum Gasteiger partial charge on any atom is -0.355 e. The second kappa shape index (κ2) is 3.93. The van der Waals surface area contributed by atoms with E-state index < -0.39 is 0 Å². The van der Waals surface area contributed by atoms with Gasteiger partial charge in [0.05, 0.1) is 0 Å². The molecule has 0 spiro atoms. The number of hydrogen-bond donors (Lipinski definition) is 1. The molecule has 1 amide bonds. The summed E-state index contributed by atoms with van der Waals surface area (Å²) in [6.07, 6.45) is 1.10. The van der Waals surface area contributed by atoms with Crippen molar-refractivity contribution in [1.29, 1.82) is 0 Å². The van der Waals surface area contributed by atoms with Crippen LogP contribution >= 0.6 is 0 Å². The van der Waals surface area contributed by atoms with Crippen molar-refractivity contribution in [3.63, 3.8) is 0 Å². The lowest BCUT2D eigenvalue weighted by Gasteiger charge is -2.31. The van der Waals surface area contributed by atoms with Gasteiger partial charge in [-0.3, -0.25) is 4.79 Å². The van der Waals surface area contributed by atoms with Gasteiger partial charge in [0.2, 0.25) is 5.91 Å². The molecule has 1 aromatic rings. The molecular weight excluding hydrogens is 198 g/mol. The van der Waals surface area contributed by atoms with Gasteiger partial charge >= 0.3 is 0 Å². The van der Waals surface area contributed by atoms with Gasteiger partial charge in [0.15, 0.2) is 0 Å². The average molecular weight is 217 g/mol. The molecule has 0 fully saturated rings. The molecular formula is C14H19NO. The molecule has 0 saturated heterocycles. The summed E-state index contributed by atoms with van der Waals surface area (Å²) in [5.74, 6) is 0.652. The van der Waals surface area contributed by atoms with E-state index in [1.807, 2.05) is 20.8 Å². The van der Waals surface area contributed by atoms with Gasteiger partial charge < -0.3 is 5.32 Å². The quantitative estimate of drug-likeness (QED) is 0.810. The highest BCUT2D eigenvalue weighted by Crippen LogP contribution is 2.34. The Bertz CT molecular complexity index is 403. The lowest BCUT2D eigenvalue weighted by atomic mass is 9.77. The number of amides is 1. The van der Waals surface area contributed by atoms with Gasteiger partial charge in [0, 0.05) is 17.9 Å². The third-order valence-electron chi connectivity index (χ3n) is 3.15. The molecule has 0 heterocycles. The average Bonchev–Trinajstić information content (AvgIpc) is 2.17. The van der Waals surface area contributed by atoms with Crippen LogP contribution in [0.3, 0.4) is 0 Å². The van der Waals surface area contributed by atoms with Crippen LogP contribution in [0.1, 0.15) is 37.8 Å². The molecule has 0 saturated carbocycles. The van der Waals surface area contributed by atoms with Gasteiger partial charge in [-0.1, -0.05) is 45.0 Å². The first-order valence-electron chi connectivity index (χ1n) is 5.84. The SMILES string of the molecule is CC(C)(C)C(=O)NCC1Cc2ccccc21. The molecule has 0 radical (unpaired) electrons. The van der Waals surface area contributed by atoms with Crippen LogP contribution in [0.15, 0.2) is 24.3 Å². The van der Waals surface area contributed by atoms with Crippen LogP contribution in [-0.4, -0.2) is 12.5 Å². The number of nitrogens with one attached hydrogen (secondary N) is 1. The molecule has 86 valence electrons. The minimum atomic E-state index is -0.288. The fourth-order valence-electron chi connectivity index (χ4n) is 2.03. The van der Waals surface area contributed by atoms with Crippen LogP contribution in [0.25, 0.3) is 0 Å². The molecule has 2 rings (SSSR count). The lowest BCUT2D eigenvalue weighted by molar-refractivity contribution is -0.128. The second-order valence-corrected chi connectivity index (χ2v) is 5.56. The van der Waals surface area contributed by atoms with E-state index in [1.54, 1.807) is 0 Å². The first kappa shape index (κ1) is 11.2. The zero-order chi connectivity index (χ0) is 11.8. The van der Waals surface area contributed by atoms with Crippen molar-refractivity contribution in [1.82, 2.24) is 5.32 Å². The molecule has 2 heteroatoms. The third kappa shape index (κ3) is 2.11. The number of fused-ring (bicyclic) bond motifs is 1. The molecule has 1 aliphatic carbocycles. The lowest BCUT2D eigenvalue weighted by Crippen LogP contribution is -2.39. The number of carbonyl (C=O) groups is 1. The molecule has 16 heavy (non-hydrogen) atoms. The highest BCUT2D eigenvalue weighted by Gasteiger charge is 2.27. The highest BCUT2D eigenvalue weighted by atomic mass is 16.2. The molecule has 1 unspecified atom stereocenters. The van der Waals surface area contributed by atoms with Crippen LogP contribution < -0.4 is 5.32 Å². The van der Waals surface area contributed by atoms with Crippen molar-refractivity contribution >= 4 is 5.91 Å². The van der Waals surface area contributed by atoms with Crippen molar-refractivity contribution in [3.8, 4) is 0 Å². The van der Waals surface area contributed by atoms with Gasteiger partial charge in [-0.25, -0.2) is 0 Å². The van der Waals surface area contributed by atoms with Gasteiger partial charge in [-0.05, 0) is 17.5 Å². The number of benzene rings is 1. The Labute approximate surface area is 97.1 Å². The van der Waals surface area contributed by atoms with Gasteiger partial charge in [-0.2, -0.15) is 0 Å². The van der Waals surface area contributed by atoms with Crippen molar-refractivity contribution in [2.75, 3.05) is 6.54 Å². The maximum Gasteiger partial charge on any atom is 0.225 e. The van der Waals surface area contributed by atoms with Crippen molar-refractivity contribution in [2.45, 2.75) is 33.1 Å². The van der Waals surface area contributed by atoms with E-state index in [0.29, 0.717) is 5.92 Å². The van der Waals surface area contributed by atoms with Crippen LogP contribution in [0.2, 0.25) is 0 Å². The second-order valence-electron chi connectivity index (χ2n) is 5.56. The smallest absolute Gasteiger partial charge is 0.225 e. The van der Waals surface area contributed by atoms with E-state index >= 15 is 0 Å². The molecule has 1 aromatic carbocycles. The Morgan fingerprint density at radius 1 is 1.38 bits per heavy atom. The fourth-order valence-corrected chi connectivity index (χ4v) is 2.03. The minimum absolute atomic E-state index is 0.136. The van der Waals surface area contributed by atoms with E-state index in [1.165, 1.54) is 11.1 Å².